The van der Waals surface area contributed by atoms with Crippen LogP contribution in [0.4, 0.5) is 0 Å². The average Bonchev–Trinajstić information content (AvgIpc) is 2.15. The van der Waals surface area contributed by atoms with Crippen molar-refractivity contribution in [2.24, 2.45) is 0 Å². The van der Waals surface area contributed by atoms with Crippen LogP contribution in [0, 0.1) is 0 Å². The number of hydrogen-bond acceptors (Lipinski definition) is 2. The summed E-state index contributed by atoms with van der Waals surface area (Å²) >= 11 is 0. The molecule has 74 valence electrons. The number of hydrogen-bond donors (Lipinski definition) is 0. The lowest BCUT2D eigenvalue weighted by atomic mass is 10.3. The Kier molecular flexibility index (Phi) is 5.77. The summed E-state index contributed by atoms with van der Waals surface area (Å²) in [6, 6.07) is 0. The Bertz CT molecular complexity index is 204. The van der Waals surface area contributed by atoms with E-state index in [1.807, 2.05) is 20.8 Å². The van der Waals surface area contributed by atoms with E-state index < -0.39 is 0 Å². The summed E-state index contributed by atoms with van der Waals surface area (Å²) in [6.07, 6.45) is 3.51. The molecule has 1 unspecified atom stereocenters. The minimum Gasteiger partial charge on any atom is -0.486 e. The highest BCUT2D eigenvalue weighted by Crippen LogP contribution is 2.19. The van der Waals surface area contributed by atoms with Crippen molar-refractivity contribution in [2.75, 3.05) is 6.61 Å². The van der Waals surface area contributed by atoms with E-state index in [-0.39, 0.29) is 6.10 Å². The first-order chi connectivity index (χ1) is 6.24. The zero-order chi connectivity index (χ0) is 10.3. The van der Waals surface area contributed by atoms with Crippen molar-refractivity contribution in [3.63, 3.8) is 0 Å². The third kappa shape index (κ3) is 3.83. The standard InChI is InChI=1S/C9H12O2.C2H6/c1-4-5-9-8(3)10-6-7(2)11-9;1-2/h4-5,7H,1,3,6H2,2H3;1-2H3/b9-5+;. The van der Waals surface area contributed by atoms with E-state index in [0.717, 1.165) is 0 Å². The lowest BCUT2D eigenvalue weighted by Crippen LogP contribution is -2.22. The Morgan fingerprint density at radius 2 is 2.08 bits per heavy atom. The summed E-state index contributed by atoms with van der Waals surface area (Å²) in [5.41, 5.74) is 0. The Balaban J connectivity index is 0.000000671. The SMILES string of the molecule is C=C/C=C1/OC(C)COC1=C.CC. The fourth-order valence-electron chi connectivity index (χ4n) is 0.845. The Morgan fingerprint density at radius 1 is 1.46 bits per heavy atom. The summed E-state index contributed by atoms with van der Waals surface area (Å²) < 4.78 is 10.6. The van der Waals surface area contributed by atoms with E-state index in [9.17, 15) is 0 Å². The second-order valence-electron chi connectivity index (χ2n) is 2.43. The van der Waals surface area contributed by atoms with E-state index in [1.165, 1.54) is 0 Å². The molecule has 0 spiro atoms. The summed E-state index contributed by atoms with van der Waals surface area (Å²) in [6.45, 7) is 13.8. The lowest BCUT2D eigenvalue weighted by Gasteiger charge is -2.25. The van der Waals surface area contributed by atoms with Gasteiger partial charge in [0.25, 0.3) is 0 Å². The third-order valence-corrected chi connectivity index (χ3v) is 1.36. The maximum atomic E-state index is 5.40. The van der Waals surface area contributed by atoms with Gasteiger partial charge in [-0.1, -0.05) is 33.1 Å². The number of allylic oxidation sites excluding steroid dienone is 2. The van der Waals surface area contributed by atoms with Crippen LogP contribution >= 0.6 is 0 Å². The first kappa shape index (κ1) is 11.8. The smallest absolute Gasteiger partial charge is 0.161 e. The third-order valence-electron chi connectivity index (χ3n) is 1.36. The van der Waals surface area contributed by atoms with Gasteiger partial charge in [-0.2, -0.15) is 0 Å². The zero-order valence-electron chi connectivity index (χ0n) is 8.67. The Morgan fingerprint density at radius 3 is 2.62 bits per heavy atom. The second-order valence-corrected chi connectivity index (χ2v) is 2.43. The highest BCUT2D eigenvalue weighted by molar-refractivity contribution is 5.22. The van der Waals surface area contributed by atoms with E-state index >= 15 is 0 Å². The monoisotopic (exact) mass is 182 g/mol. The summed E-state index contributed by atoms with van der Waals surface area (Å²) in [4.78, 5) is 0. The van der Waals surface area contributed by atoms with E-state index in [2.05, 4.69) is 13.2 Å². The van der Waals surface area contributed by atoms with Crippen LogP contribution in [0.5, 0.6) is 0 Å². The normalized spacial score (nSPS) is 23.8. The molecule has 1 atom stereocenters. The lowest BCUT2D eigenvalue weighted by molar-refractivity contribution is 0.00418. The highest BCUT2D eigenvalue weighted by atomic mass is 16.6. The van der Waals surface area contributed by atoms with Crippen molar-refractivity contribution in [1.29, 1.82) is 0 Å². The number of ether oxygens (including phenoxy) is 2. The average molecular weight is 182 g/mol. The molecule has 0 aromatic heterocycles. The van der Waals surface area contributed by atoms with Gasteiger partial charge in [-0.15, -0.1) is 0 Å². The molecule has 0 saturated carbocycles. The molecule has 0 radical (unpaired) electrons. The molecule has 0 aromatic rings. The molecule has 13 heavy (non-hydrogen) atoms. The van der Waals surface area contributed by atoms with Gasteiger partial charge in [-0.05, 0) is 13.0 Å². The molecule has 1 heterocycles. The van der Waals surface area contributed by atoms with Crippen LogP contribution in [0.2, 0.25) is 0 Å². The molecule has 0 N–H and O–H groups in total. The van der Waals surface area contributed by atoms with Gasteiger partial charge in [0.15, 0.2) is 11.5 Å². The maximum absolute atomic E-state index is 5.40. The molecule has 0 bridgehead atoms. The van der Waals surface area contributed by atoms with Crippen molar-refractivity contribution in [2.45, 2.75) is 26.9 Å². The molecule has 1 fully saturated rings. The Hall–Kier alpha value is -1.18. The molecular formula is C11H18O2. The fraction of sp³-hybridized carbons (Fsp3) is 0.455. The van der Waals surface area contributed by atoms with Crippen LogP contribution in [0.1, 0.15) is 20.8 Å². The van der Waals surface area contributed by atoms with Gasteiger partial charge in [-0.3, -0.25) is 0 Å². The van der Waals surface area contributed by atoms with E-state index in [4.69, 9.17) is 9.47 Å². The second kappa shape index (κ2) is 6.35. The van der Waals surface area contributed by atoms with Crippen molar-refractivity contribution >= 4 is 0 Å². The molecule has 1 aliphatic heterocycles. The quantitative estimate of drug-likeness (QED) is 0.620. The van der Waals surface area contributed by atoms with Crippen molar-refractivity contribution < 1.29 is 9.47 Å². The minimum atomic E-state index is 0.103. The fourth-order valence-corrected chi connectivity index (χ4v) is 0.845. The van der Waals surface area contributed by atoms with Gasteiger partial charge in [-0.25, -0.2) is 0 Å². The van der Waals surface area contributed by atoms with Crippen LogP contribution < -0.4 is 0 Å². The summed E-state index contributed by atoms with van der Waals surface area (Å²) in [7, 11) is 0. The van der Waals surface area contributed by atoms with Crippen LogP contribution in [-0.2, 0) is 9.47 Å². The van der Waals surface area contributed by atoms with Crippen LogP contribution in [0.3, 0.4) is 0 Å². The van der Waals surface area contributed by atoms with Gasteiger partial charge in [0.05, 0.1) is 0 Å². The largest absolute Gasteiger partial charge is 0.486 e. The van der Waals surface area contributed by atoms with E-state index in [0.29, 0.717) is 18.1 Å². The highest BCUT2D eigenvalue weighted by Gasteiger charge is 2.16. The van der Waals surface area contributed by atoms with Gasteiger partial charge < -0.3 is 9.47 Å². The van der Waals surface area contributed by atoms with Crippen LogP contribution in [0.25, 0.3) is 0 Å². The molecule has 2 nitrogen and oxygen atoms in total. The topological polar surface area (TPSA) is 18.5 Å². The predicted molar refractivity (Wildman–Crippen MR) is 55.3 cm³/mol. The van der Waals surface area contributed by atoms with E-state index in [1.54, 1.807) is 12.2 Å². The van der Waals surface area contributed by atoms with Gasteiger partial charge >= 0.3 is 0 Å². The van der Waals surface area contributed by atoms with Gasteiger partial charge in [0.2, 0.25) is 0 Å². The zero-order valence-corrected chi connectivity index (χ0v) is 8.67. The predicted octanol–water partition coefficient (Wildman–Crippen LogP) is 3.03. The van der Waals surface area contributed by atoms with Crippen molar-refractivity contribution in [3.8, 4) is 0 Å². The minimum absolute atomic E-state index is 0.103. The molecule has 0 amide bonds. The molecular weight excluding hydrogens is 164 g/mol. The Labute approximate surface area is 80.5 Å². The van der Waals surface area contributed by atoms with Gasteiger partial charge in [0.1, 0.15) is 12.7 Å². The first-order valence-corrected chi connectivity index (χ1v) is 4.55. The molecule has 1 rings (SSSR count). The summed E-state index contributed by atoms with van der Waals surface area (Å²) in [5, 5.41) is 0. The number of rotatable bonds is 1. The molecule has 0 aliphatic carbocycles. The maximum Gasteiger partial charge on any atom is 0.161 e. The molecule has 1 saturated heterocycles. The van der Waals surface area contributed by atoms with Crippen molar-refractivity contribution in [1.82, 2.24) is 0 Å². The van der Waals surface area contributed by atoms with Crippen LogP contribution in [-0.4, -0.2) is 12.7 Å². The summed E-state index contributed by atoms with van der Waals surface area (Å²) in [5.74, 6) is 1.27. The van der Waals surface area contributed by atoms with Gasteiger partial charge in [0, 0.05) is 0 Å². The molecule has 2 heteroatoms. The van der Waals surface area contributed by atoms with Crippen LogP contribution in [0.15, 0.2) is 36.8 Å². The molecule has 0 aromatic carbocycles. The first-order valence-electron chi connectivity index (χ1n) is 4.55. The molecule has 1 aliphatic rings. The van der Waals surface area contributed by atoms with Crippen molar-refractivity contribution in [3.05, 3.63) is 36.8 Å².